The van der Waals surface area contributed by atoms with Gasteiger partial charge < -0.3 is 10.6 Å². The zero-order valence-corrected chi connectivity index (χ0v) is 14.6. The first kappa shape index (κ1) is 14.9. The lowest BCUT2D eigenvalue weighted by atomic mass is 9.49. The number of nitrogens with zero attached hydrogens (tertiary/aromatic N) is 2. The number of hydrogen-bond acceptors (Lipinski definition) is 3. The fourth-order valence-electron chi connectivity index (χ4n) is 6.61. The highest BCUT2D eigenvalue weighted by Crippen LogP contribution is 2.61. The standard InChI is InChI=1S/C19H28N4O/c1-23-18(15-11-20-3-2-16(15)22-23)21-17(24)10-19-7-12-4-13(8-19)6-14(5-12)9-19/h12-14,20H,2-11H2,1H3,(H,21,24). The van der Waals surface area contributed by atoms with Gasteiger partial charge in [-0.15, -0.1) is 0 Å². The Bertz CT molecular complexity index is 642. The average molecular weight is 328 g/mol. The Morgan fingerprint density at radius 2 is 1.92 bits per heavy atom. The first-order valence-corrected chi connectivity index (χ1v) is 9.65. The Balaban J connectivity index is 1.32. The molecule has 0 radical (unpaired) electrons. The van der Waals surface area contributed by atoms with E-state index < -0.39 is 0 Å². The molecule has 1 aromatic heterocycles. The third-order valence-corrected chi connectivity index (χ3v) is 7.03. The molecule has 4 fully saturated rings. The molecule has 5 nitrogen and oxygen atoms in total. The maximum absolute atomic E-state index is 12.9. The highest BCUT2D eigenvalue weighted by atomic mass is 16.1. The summed E-state index contributed by atoms with van der Waals surface area (Å²) in [6, 6.07) is 0. The van der Waals surface area contributed by atoms with Crippen molar-refractivity contribution in [3.8, 4) is 0 Å². The number of fused-ring (bicyclic) bond motifs is 1. The molecule has 5 heteroatoms. The van der Waals surface area contributed by atoms with Gasteiger partial charge in [-0.1, -0.05) is 0 Å². The molecule has 2 heterocycles. The van der Waals surface area contributed by atoms with Crippen LogP contribution >= 0.6 is 0 Å². The average Bonchev–Trinajstić information content (AvgIpc) is 2.81. The second-order valence-electron chi connectivity index (χ2n) is 8.97. The molecule has 1 amide bonds. The van der Waals surface area contributed by atoms with Crippen molar-refractivity contribution in [1.82, 2.24) is 15.1 Å². The molecular weight excluding hydrogens is 300 g/mol. The predicted molar refractivity (Wildman–Crippen MR) is 92.5 cm³/mol. The highest BCUT2D eigenvalue weighted by Gasteiger charge is 2.51. The Morgan fingerprint density at radius 3 is 2.58 bits per heavy atom. The number of carbonyl (C=O) groups is 1. The van der Waals surface area contributed by atoms with Gasteiger partial charge in [-0.3, -0.25) is 9.48 Å². The number of carbonyl (C=O) groups excluding carboxylic acids is 1. The van der Waals surface area contributed by atoms with Crippen molar-refractivity contribution in [3.05, 3.63) is 11.3 Å². The Labute approximate surface area is 143 Å². The van der Waals surface area contributed by atoms with E-state index in [9.17, 15) is 4.79 Å². The molecule has 4 aliphatic carbocycles. The maximum Gasteiger partial charge on any atom is 0.226 e. The van der Waals surface area contributed by atoms with Crippen molar-refractivity contribution in [2.45, 2.75) is 57.9 Å². The fourth-order valence-corrected chi connectivity index (χ4v) is 6.61. The summed E-state index contributed by atoms with van der Waals surface area (Å²) in [7, 11) is 1.94. The molecule has 130 valence electrons. The van der Waals surface area contributed by atoms with Gasteiger partial charge in [0.25, 0.3) is 0 Å². The maximum atomic E-state index is 12.9. The molecule has 0 unspecified atom stereocenters. The Morgan fingerprint density at radius 1 is 1.25 bits per heavy atom. The van der Waals surface area contributed by atoms with E-state index in [1.165, 1.54) is 44.1 Å². The van der Waals surface area contributed by atoms with E-state index in [1.807, 2.05) is 11.7 Å². The second-order valence-corrected chi connectivity index (χ2v) is 8.97. The largest absolute Gasteiger partial charge is 0.312 e. The normalized spacial score (nSPS) is 36.6. The summed E-state index contributed by atoms with van der Waals surface area (Å²) in [5, 5.41) is 11.2. The summed E-state index contributed by atoms with van der Waals surface area (Å²) >= 11 is 0. The summed E-state index contributed by atoms with van der Waals surface area (Å²) in [5.41, 5.74) is 2.62. The van der Waals surface area contributed by atoms with E-state index in [4.69, 9.17) is 0 Å². The van der Waals surface area contributed by atoms with Crippen LogP contribution in [0, 0.1) is 23.2 Å². The van der Waals surface area contributed by atoms with Crippen molar-refractivity contribution < 1.29 is 4.79 Å². The summed E-state index contributed by atoms with van der Waals surface area (Å²) in [6.07, 6.45) is 9.83. The third kappa shape index (κ3) is 2.40. The van der Waals surface area contributed by atoms with Crippen molar-refractivity contribution in [1.29, 1.82) is 0 Å². The minimum atomic E-state index is 0.202. The van der Waals surface area contributed by atoms with Gasteiger partial charge in [0.05, 0.1) is 5.69 Å². The molecular formula is C19H28N4O. The van der Waals surface area contributed by atoms with Gasteiger partial charge in [-0.2, -0.15) is 5.10 Å². The van der Waals surface area contributed by atoms with Gasteiger partial charge in [-0.25, -0.2) is 0 Å². The van der Waals surface area contributed by atoms with E-state index in [-0.39, 0.29) is 5.91 Å². The molecule has 0 aromatic carbocycles. The molecule has 5 aliphatic rings. The first-order valence-electron chi connectivity index (χ1n) is 9.65. The molecule has 0 saturated heterocycles. The first-order chi connectivity index (χ1) is 11.6. The second kappa shape index (κ2) is 5.32. The molecule has 2 N–H and O–H groups in total. The molecule has 1 aliphatic heterocycles. The number of anilines is 1. The molecule has 6 rings (SSSR count). The third-order valence-electron chi connectivity index (χ3n) is 7.03. The lowest BCUT2D eigenvalue weighted by Gasteiger charge is -2.56. The summed E-state index contributed by atoms with van der Waals surface area (Å²) < 4.78 is 1.86. The zero-order valence-electron chi connectivity index (χ0n) is 14.6. The smallest absolute Gasteiger partial charge is 0.226 e. The van der Waals surface area contributed by atoms with Gasteiger partial charge in [0.15, 0.2) is 0 Å². The molecule has 4 bridgehead atoms. The van der Waals surface area contributed by atoms with Crippen LogP contribution in [0.25, 0.3) is 0 Å². The van der Waals surface area contributed by atoms with E-state index in [2.05, 4.69) is 15.7 Å². The van der Waals surface area contributed by atoms with Crippen LogP contribution in [-0.4, -0.2) is 22.2 Å². The minimum Gasteiger partial charge on any atom is -0.312 e. The summed E-state index contributed by atoms with van der Waals surface area (Å²) in [4.78, 5) is 12.9. The van der Waals surface area contributed by atoms with E-state index in [0.29, 0.717) is 11.8 Å². The van der Waals surface area contributed by atoms with Crippen LogP contribution in [0.2, 0.25) is 0 Å². The number of aromatic nitrogens is 2. The number of aryl methyl sites for hydroxylation is 1. The number of hydrogen-bond donors (Lipinski definition) is 2. The van der Waals surface area contributed by atoms with Crippen LogP contribution < -0.4 is 10.6 Å². The molecule has 24 heavy (non-hydrogen) atoms. The van der Waals surface area contributed by atoms with Gasteiger partial charge in [0, 0.05) is 38.5 Å². The van der Waals surface area contributed by atoms with E-state index in [1.54, 1.807) is 0 Å². The van der Waals surface area contributed by atoms with Crippen LogP contribution in [0.4, 0.5) is 5.82 Å². The Hall–Kier alpha value is -1.36. The number of nitrogens with one attached hydrogen (secondary N) is 2. The van der Waals surface area contributed by atoms with Gasteiger partial charge in [0.2, 0.25) is 5.91 Å². The lowest BCUT2D eigenvalue weighted by molar-refractivity contribution is -0.124. The van der Waals surface area contributed by atoms with Crippen LogP contribution in [0.1, 0.15) is 56.2 Å². The quantitative estimate of drug-likeness (QED) is 0.897. The van der Waals surface area contributed by atoms with Crippen LogP contribution in [0.3, 0.4) is 0 Å². The number of rotatable bonds is 3. The fraction of sp³-hybridized carbons (Fsp3) is 0.789. The van der Waals surface area contributed by atoms with Crippen molar-refractivity contribution >= 4 is 11.7 Å². The van der Waals surface area contributed by atoms with E-state index >= 15 is 0 Å². The summed E-state index contributed by atoms with van der Waals surface area (Å²) in [6.45, 7) is 1.79. The molecule has 0 spiro atoms. The summed E-state index contributed by atoms with van der Waals surface area (Å²) in [5.74, 6) is 3.81. The van der Waals surface area contributed by atoms with Gasteiger partial charge >= 0.3 is 0 Å². The van der Waals surface area contributed by atoms with Crippen molar-refractivity contribution in [2.75, 3.05) is 11.9 Å². The number of amides is 1. The Kier molecular flexibility index (Phi) is 3.31. The topological polar surface area (TPSA) is 59.0 Å². The van der Waals surface area contributed by atoms with Crippen LogP contribution in [0.5, 0.6) is 0 Å². The van der Waals surface area contributed by atoms with Gasteiger partial charge in [0.1, 0.15) is 5.82 Å². The van der Waals surface area contributed by atoms with Crippen molar-refractivity contribution in [2.24, 2.45) is 30.2 Å². The monoisotopic (exact) mass is 328 g/mol. The lowest BCUT2D eigenvalue weighted by Crippen LogP contribution is -2.47. The SMILES string of the molecule is Cn1nc2c(c1NC(=O)CC13CC4CC(CC(C4)C1)C3)CNCC2. The molecule has 4 saturated carbocycles. The van der Waals surface area contributed by atoms with Crippen molar-refractivity contribution in [3.63, 3.8) is 0 Å². The van der Waals surface area contributed by atoms with Gasteiger partial charge in [-0.05, 0) is 61.7 Å². The van der Waals surface area contributed by atoms with Crippen LogP contribution in [-0.2, 0) is 24.8 Å². The molecule has 0 atom stereocenters. The zero-order chi connectivity index (χ0) is 16.3. The molecule has 1 aromatic rings. The van der Waals surface area contributed by atoms with Crippen LogP contribution in [0.15, 0.2) is 0 Å². The minimum absolute atomic E-state index is 0.202. The predicted octanol–water partition coefficient (Wildman–Crippen LogP) is 2.61. The van der Waals surface area contributed by atoms with E-state index in [0.717, 1.165) is 48.8 Å². The highest BCUT2D eigenvalue weighted by molar-refractivity contribution is 5.91.